The van der Waals surface area contributed by atoms with Crippen LogP contribution in [0.4, 0.5) is 0 Å². The zero-order chi connectivity index (χ0) is 16.7. The van der Waals surface area contributed by atoms with E-state index in [1.807, 2.05) is 18.2 Å². The second-order valence-electron chi connectivity index (χ2n) is 8.70. The smallest absolute Gasteiger partial charge is 0.220 e. The quantitative estimate of drug-likeness (QED) is 0.857. The van der Waals surface area contributed by atoms with E-state index in [0.717, 1.165) is 23.3 Å². The maximum Gasteiger partial charge on any atom is 0.220 e. The third kappa shape index (κ3) is 2.94. The molecule has 0 spiro atoms. The van der Waals surface area contributed by atoms with Gasteiger partial charge in [-0.05, 0) is 86.7 Å². The average Bonchev–Trinajstić information content (AvgIpc) is 2.53. The molecule has 3 nitrogen and oxygen atoms in total. The molecule has 130 valence electrons. The fourth-order valence-corrected chi connectivity index (χ4v) is 6.15. The van der Waals surface area contributed by atoms with Crippen LogP contribution in [0.15, 0.2) is 24.3 Å². The summed E-state index contributed by atoms with van der Waals surface area (Å²) in [6.45, 7) is 2.23. The molecule has 5 rings (SSSR count). The Hall–Kier alpha value is -1.51. The molecule has 4 bridgehead atoms. The molecule has 4 aliphatic rings. The molecule has 0 heterocycles. The molecule has 0 aromatic heterocycles. The van der Waals surface area contributed by atoms with Crippen molar-refractivity contribution in [2.45, 2.75) is 64.3 Å². The molecule has 2 N–H and O–H groups in total. The molecular formula is C21H29NO2. The molecule has 0 saturated heterocycles. The molecule has 0 radical (unpaired) electrons. The van der Waals surface area contributed by atoms with Crippen LogP contribution in [0.3, 0.4) is 0 Å². The molecule has 1 amide bonds. The lowest BCUT2D eigenvalue weighted by atomic mass is 9.48. The van der Waals surface area contributed by atoms with Crippen LogP contribution < -0.4 is 5.32 Å². The zero-order valence-corrected chi connectivity index (χ0v) is 14.6. The van der Waals surface area contributed by atoms with Crippen molar-refractivity contribution >= 4 is 5.91 Å². The number of carbonyl (C=O) groups excluding carboxylic acids is 1. The van der Waals surface area contributed by atoms with E-state index >= 15 is 0 Å². The number of benzene rings is 1. The van der Waals surface area contributed by atoms with Crippen LogP contribution in [0, 0.1) is 23.2 Å². The molecule has 4 saturated carbocycles. The first-order valence-electron chi connectivity index (χ1n) is 9.60. The van der Waals surface area contributed by atoms with E-state index in [0.29, 0.717) is 24.0 Å². The second-order valence-corrected chi connectivity index (χ2v) is 8.70. The van der Waals surface area contributed by atoms with E-state index in [2.05, 4.69) is 12.2 Å². The summed E-state index contributed by atoms with van der Waals surface area (Å²) in [5, 5.41) is 13.1. The van der Waals surface area contributed by atoms with Gasteiger partial charge in [0, 0.05) is 12.5 Å². The predicted octanol–water partition coefficient (Wildman–Crippen LogP) is 4.05. The summed E-state index contributed by atoms with van der Waals surface area (Å²) in [7, 11) is 0. The molecule has 4 aliphatic carbocycles. The van der Waals surface area contributed by atoms with Crippen molar-refractivity contribution in [2.75, 3.05) is 0 Å². The standard InChI is InChI=1S/C21H29NO2/c1-14(21-11-15-8-16(12-21)10-17(9-15)13-21)22-20(24)7-6-18-4-2-3-5-19(18)23/h2-5,14-17,23H,6-13H2,1H3,(H,22,24)/t14-,15?,16?,17?,21?/m0/s1. The van der Waals surface area contributed by atoms with E-state index in [1.54, 1.807) is 6.07 Å². The third-order valence-corrected chi connectivity index (χ3v) is 6.99. The van der Waals surface area contributed by atoms with Gasteiger partial charge < -0.3 is 10.4 Å². The van der Waals surface area contributed by atoms with Crippen molar-refractivity contribution in [3.63, 3.8) is 0 Å². The minimum absolute atomic E-state index is 0.126. The van der Waals surface area contributed by atoms with E-state index in [1.165, 1.54) is 38.5 Å². The summed E-state index contributed by atoms with van der Waals surface area (Å²) in [5.41, 5.74) is 1.22. The summed E-state index contributed by atoms with van der Waals surface area (Å²) in [5.74, 6) is 3.16. The Labute approximate surface area is 144 Å². The molecule has 3 heteroatoms. The van der Waals surface area contributed by atoms with E-state index < -0.39 is 0 Å². The highest BCUT2D eigenvalue weighted by Crippen LogP contribution is 2.61. The monoisotopic (exact) mass is 327 g/mol. The Balaban J connectivity index is 1.35. The lowest BCUT2D eigenvalue weighted by Gasteiger charge is -2.59. The van der Waals surface area contributed by atoms with Gasteiger partial charge in [0.2, 0.25) is 5.91 Å². The number of nitrogens with one attached hydrogen (secondary N) is 1. The van der Waals surface area contributed by atoms with Crippen LogP contribution in [0.2, 0.25) is 0 Å². The van der Waals surface area contributed by atoms with E-state index in [9.17, 15) is 9.90 Å². The number of phenolic OH excluding ortho intramolecular Hbond substituents is 1. The van der Waals surface area contributed by atoms with Crippen LogP contribution in [0.25, 0.3) is 0 Å². The first-order chi connectivity index (χ1) is 11.5. The number of aromatic hydroxyl groups is 1. The van der Waals surface area contributed by atoms with Gasteiger partial charge in [0.15, 0.2) is 0 Å². The normalized spacial score (nSPS) is 35.0. The molecule has 0 unspecified atom stereocenters. The maximum atomic E-state index is 12.4. The molecule has 24 heavy (non-hydrogen) atoms. The van der Waals surface area contributed by atoms with E-state index in [4.69, 9.17) is 0 Å². The summed E-state index contributed by atoms with van der Waals surface area (Å²) >= 11 is 0. The van der Waals surface area contributed by atoms with Crippen LogP contribution >= 0.6 is 0 Å². The fraction of sp³-hybridized carbons (Fsp3) is 0.667. The molecule has 1 aromatic rings. The Kier molecular flexibility index (Phi) is 4.06. The topological polar surface area (TPSA) is 49.3 Å². The van der Waals surface area contributed by atoms with Crippen molar-refractivity contribution in [1.29, 1.82) is 0 Å². The highest BCUT2D eigenvalue weighted by atomic mass is 16.3. The number of hydrogen-bond acceptors (Lipinski definition) is 2. The molecule has 1 atom stereocenters. The van der Waals surface area contributed by atoms with Gasteiger partial charge in [0.05, 0.1) is 0 Å². The second kappa shape index (κ2) is 6.09. The summed E-state index contributed by atoms with van der Waals surface area (Å²) in [6, 6.07) is 7.58. The summed E-state index contributed by atoms with van der Waals surface area (Å²) < 4.78 is 0. The van der Waals surface area contributed by atoms with Gasteiger partial charge in [-0.15, -0.1) is 0 Å². The van der Waals surface area contributed by atoms with Gasteiger partial charge in [-0.25, -0.2) is 0 Å². The number of phenols is 1. The van der Waals surface area contributed by atoms with Gasteiger partial charge in [-0.2, -0.15) is 0 Å². The molecule has 1 aromatic carbocycles. The maximum absolute atomic E-state index is 12.4. The third-order valence-electron chi connectivity index (χ3n) is 6.99. The molecule has 0 aliphatic heterocycles. The van der Waals surface area contributed by atoms with Gasteiger partial charge in [-0.1, -0.05) is 18.2 Å². The predicted molar refractivity (Wildman–Crippen MR) is 94.6 cm³/mol. The summed E-state index contributed by atoms with van der Waals surface area (Å²) in [6.07, 6.45) is 9.33. The Bertz CT molecular complexity index is 589. The minimum atomic E-state index is 0.126. The minimum Gasteiger partial charge on any atom is -0.508 e. The van der Waals surface area contributed by atoms with E-state index in [-0.39, 0.29) is 11.9 Å². The Morgan fingerprint density at radius 1 is 1.17 bits per heavy atom. The largest absolute Gasteiger partial charge is 0.508 e. The average molecular weight is 327 g/mol. The zero-order valence-electron chi connectivity index (χ0n) is 14.6. The van der Waals surface area contributed by atoms with Crippen molar-refractivity contribution in [2.24, 2.45) is 23.2 Å². The van der Waals surface area contributed by atoms with Crippen LogP contribution in [0.1, 0.15) is 57.4 Å². The molecular weight excluding hydrogens is 298 g/mol. The SMILES string of the molecule is C[C@H](NC(=O)CCc1ccccc1O)C12CC3CC(CC(C3)C1)C2. The van der Waals surface area contributed by atoms with Gasteiger partial charge in [-0.3, -0.25) is 4.79 Å². The number of carbonyl (C=O) groups is 1. The van der Waals surface area contributed by atoms with Gasteiger partial charge >= 0.3 is 0 Å². The number of hydrogen-bond donors (Lipinski definition) is 2. The van der Waals surface area contributed by atoms with Crippen LogP contribution in [-0.4, -0.2) is 17.1 Å². The van der Waals surface area contributed by atoms with Crippen molar-refractivity contribution in [3.05, 3.63) is 29.8 Å². The number of aryl methyl sites for hydroxylation is 1. The van der Waals surface area contributed by atoms with Crippen LogP contribution in [-0.2, 0) is 11.2 Å². The highest BCUT2D eigenvalue weighted by molar-refractivity contribution is 5.76. The van der Waals surface area contributed by atoms with Gasteiger partial charge in [0.25, 0.3) is 0 Å². The fourth-order valence-electron chi connectivity index (χ4n) is 6.15. The first kappa shape index (κ1) is 16.0. The first-order valence-corrected chi connectivity index (χ1v) is 9.60. The van der Waals surface area contributed by atoms with Crippen molar-refractivity contribution in [1.82, 2.24) is 5.32 Å². The molecule has 4 fully saturated rings. The lowest BCUT2D eigenvalue weighted by molar-refractivity contribution is -0.125. The van der Waals surface area contributed by atoms with Crippen molar-refractivity contribution < 1.29 is 9.90 Å². The highest BCUT2D eigenvalue weighted by Gasteiger charge is 2.53. The van der Waals surface area contributed by atoms with Crippen molar-refractivity contribution in [3.8, 4) is 5.75 Å². The Morgan fingerprint density at radius 3 is 2.33 bits per heavy atom. The number of rotatable bonds is 5. The Morgan fingerprint density at radius 2 is 1.75 bits per heavy atom. The number of para-hydroxylation sites is 1. The van der Waals surface area contributed by atoms with Gasteiger partial charge in [0.1, 0.15) is 5.75 Å². The summed E-state index contributed by atoms with van der Waals surface area (Å²) in [4.78, 5) is 12.4. The lowest BCUT2D eigenvalue weighted by Crippen LogP contribution is -2.55. The van der Waals surface area contributed by atoms with Crippen LogP contribution in [0.5, 0.6) is 5.75 Å². The number of amides is 1.